The van der Waals surface area contributed by atoms with E-state index in [2.05, 4.69) is 20.1 Å². The number of hydrogen-bond acceptors (Lipinski definition) is 4. The maximum atomic E-state index is 12.7. The van der Waals surface area contributed by atoms with Crippen LogP contribution in [0.2, 0.25) is 5.02 Å². The number of nitrogens with zero attached hydrogens (tertiary/aromatic N) is 4. The molecule has 0 radical (unpaired) electrons. The Balaban J connectivity index is 2.04. The van der Waals surface area contributed by atoms with Crippen molar-refractivity contribution in [3.05, 3.63) is 68.7 Å². The Morgan fingerprint density at radius 3 is 2.42 bits per heavy atom. The Bertz CT molecular complexity index is 1190. The first-order valence-electron chi connectivity index (χ1n) is 8.14. The van der Waals surface area contributed by atoms with Crippen molar-refractivity contribution in [2.45, 2.75) is 20.8 Å². The molecular weight excluding hydrogens is 350 g/mol. The number of hydrogen-bond donors (Lipinski definition) is 1. The number of H-pyrrole nitrogens is 1. The lowest BCUT2D eigenvalue weighted by Crippen LogP contribution is -2.08. The molecule has 0 atom stereocenters. The van der Waals surface area contributed by atoms with Gasteiger partial charge in [-0.25, -0.2) is 9.97 Å². The molecule has 4 aromatic rings. The summed E-state index contributed by atoms with van der Waals surface area (Å²) >= 11 is 6.30. The number of halogens is 1. The largest absolute Gasteiger partial charge is 0.339 e. The van der Waals surface area contributed by atoms with Gasteiger partial charge in [-0.15, -0.1) is 0 Å². The van der Waals surface area contributed by atoms with Crippen LogP contribution in [-0.4, -0.2) is 24.7 Å². The fourth-order valence-electron chi connectivity index (χ4n) is 3.08. The first-order chi connectivity index (χ1) is 12.4. The highest BCUT2D eigenvalue weighted by Gasteiger charge is 2.17. The van der Waals surface area contributed by atoms with E-state index in [1.807, 2.05) is 38.1 Å². The highest BCUT2D eigenvalue weighted by molar-refractivity contribution is 6.33. The molecule has 130 valence electrons. The van der Waals surface area contributed by atoms with E-state index < -0.39 is 0 Å². The Kier molecular flexibility index (Phi) is 3.85. The van der Waals surface area contributed by atoms with Crippen molar-refractivity contribution in [1.29, 1.82) is 0 Å². The summed E-state index contributed by atoms with van der Waals surface area (Å²) in [5.74, 6) is 0.424. The van der Waals surface area contributed by atoms with Crippen LogP contribution in [0.4, 0.5) is 0 Å². The fourth-order valence-corrected chi connectivity index (χ4v) is 3.31. The normalized spacial score (nSPS) is 11.2. The summed E-state index contributed by atoms with van der Waals surface area (Å²) in [7, 11) is 0. The minimum absolute atomic E-state index is 0.123. The molecule has 0 saturated carbocycles. The average Bonchev–Trinajstić information content (AvgIpc) is 2.91. The molecule has 0 aliphatic heterocycles. The number of aryl methyl sites for hydroxylation is 3. The van der Waals surface area contributed by atoms with E-state index in [0.717, 1.165) is 17.0 Å². The first-order valence-corrected chi connectivity index (χ1v) is 8.52. The number of fused-ring (bicyclic) bond motifs is 1. The van der Waals surface area contributed by atoms with Crippen molar-refractivity contribution in [3.63, 3.8) is 0 Å². The minimum Gasteiger partial charge on any atom is -0.339 e. The minimum atomic E-state index is -0.123. The lowest BCUT2D eigenvalue weighted by atomic mass is 10.1. The van der Waals surface area contributed by atoms with Gasteiger partial charge in [0.05, 0.1) is 16.8 Å². The molecule has 4 rings (SSSR count). The third kappa shape index (κ3) is 2.68. The standard InChI is InChI=1S/C19H16ClN5O/c1-10-8-11(2)22-19(21-10)25-18-17(12(3)24-25)16(26)9-15(23-18)13-6-4-5-7-14(13)20/h4-9H,1-3H3,(H,23,26). The Labute approximate surface area is 154 Å². The van der Waals surface area contributed by atoms with Gasteiger partial charge in [-0.1, -0.05) is 29.8 Å². The van der Waals surface area contributed by atoms with Crippen LogP contribution >= 0.6 is 11.6 Å². The van der Waals surface area contributed by atoms with E-state index in [-0.39, 0.29) is 5.43 Å². The molecule has 0 aliphatic carbocycles. The van der Waals surface area contributed by atoms with Crippen LogP contribution in [-0.2, 0) is 0 Å². The third-order valence-corrected chi connectivity index (χ3v) is 4.49. The van der Waals surface area contributed by atoms with Crippen LogP contribution in [0.5, 0.6) is 0 Å². The van der Waals surface area contributed by atoms with E-state index in [9.17, 15) is 4.79 Å². The van der Waals surface area contributed by atoms with Crippen LogP contribution in [0.3, 0.4) is 0 Å². The summed E-state index contributed by atoms with van der Waals surface area (Å²) in [6, 6.07) is 10.8. The van der Waals surface area contributed by atoms with Crippen molar-refractivity contribution in [2.24, 2.45) is 0 Å². The quantitative estimate of drug-likeness (QED) is 0.587. The van der Waals surface area contributed by atoms with E-state index in [1.54, 1.807) is 23.7 Å². The van der Waals surface area contributed by atoms with Crippen molar-refractivity contribution in [1.82, 2.24) is 24.7 Å². The summed E-state index contributed by atoms with van der Waals surface area (Å²) < 4.78 is 1.58. The maximum absolute atomic E-state index is 12.7. The molecule has 0 bridgehead atoms. The highest BCUT2D eigenvalue weighted by Crippen LogP contribution is 2.27. The Morgan fingerprint density at radius 2 is 1.73 bits per heavy atom. The number of pyridine rings is 1. The van der Waals surface area contributed by atoms with Gasteiger partial charge in [-0.3, -0.25) is 4.79 Å². The van der Waals surface area contributed by atoms with E-state index >= 15 is 0 Å². The van der Waals surface area contributed by atoms with Gasteiger partial charge in [0.1, 0.15) is 5.65 Å². The fraction of sp³-hybridized carbons (Fsp3) is 0.158. The summed E-state index contributed by atoms with van der Waals surface area (Å²) in [6.07, 6.45) is 0. The van der Waals surface area contributed by atoms with Crippen molar-refractivity contribution in [3.8, 4) is 17.2 Å². The molecule has 0 fully saturated rings. The molecule has 0 unspecified atom stereocenters. The molecule has 3 heterocycles. The van der Waals surface area contributed by atoms with Gasteiger partial charge in [-0.2, -0.15) is 9.78 Å². The zero-order chi connectivity index (χ0) is 18.4. The summed E-state index contributed by atoms with van der Waals surface area (Å²) in [4.78, 5) is 24.9. The van der Waals surface area contributed by atoms with Gasteiger partial charge in [0.25, 0.3) is 5.95 Å². The number of rotatable bonds is 2. The number of nitrogens with one attached hydrogen (secondary N) is 1. The third-order valence-electron chi connectivity index (χ3n) is 4.16. The highest BCUT2D eigenvalue weighted by atomic mass is 35.5. The van der Waals surface area contributed by atoms with E-state index in [4.69, 9.17) is 11.6 Å². The van der Waals surface area contributed by atoms with Gasteiger partial charge in [-0.05, 0) is 32.9 Å². The van der Waals surface area contributed by atoms with Crippen molar-refractivity contribution in [2.75, 3.05) is 0 Å². The van der Waals surface area contributed by atoms with Crippen molar-refractivity contribution >= 4 is 22.6 Å². The summed E-state index contributed by atoms with van der Waals surface area (Å²) in [6.45, 7) is 5.59. The average molecular weight is 366 g/mol. The molecule has 1 N–H and O–H groups in total. The Hall–Kier alpha value is -2.99. The summed E-state index contributed by atoms with van der Waals surface area (Å²) in [5, 5.41) is 5.57. The zero-order valence-corrected chi connectivity index (χ0v) is 15.3. The predicted molar refractivity (Wildman–Crippen MR) is 102 cm³/mol. The van der Waals surface area contributed by atoms with Crippen LogP contribution < -0.4 is 5.43 Å². The smallest absolute Gasteiger partial charge is 0.252 e. The topological polar surface area (TPSA) is 76.5 Å². The van der Waals surface area contributed by atoms with Gasteiger partial charge in [0.2, 0.25) is 0 Å². The van der Waals surface area contributed by atoms with Crippen LogP contribution in [0, 0.1) is 20.8 Å². The van der Waals surface area contributed by atoms with E-state index in [0.29, 0.717) is 33.4 Å². The first kappa shape index (κ1) is 16.5. The molecule has 0 aliphatic rings. The second kappa shape index (κ2) is 6.07. The van der Waals surface area contributed by atoms with Gasteiger partial charge in [0, 0.05) is 28.0 Å². The number of aromatic amines is 1. The molecule has 0 amide bonds. The molecule has 3 aromatic heterocycles. The monoisotopic (exact) mass is 365 g/mol. The van der Waals surface area contributed by atoms with Gasteiger partial charge >= 0.3 is 0 Å². The zero-order valence-electron chi connectivity index (χ0n) is 14.5. The molecule has 0 spiro atoms. The molecule has 26 heavy (non-hydrogen) atoms. The summed E-state index contributed by atoms with van der Waals surface area (Å²) in [5.41, 5.74) is 4.08. The van der Waals surface area contributed by atoms with Crippen LogP contribution in [0.25, 0.3) is 28.2 Å². The van der Waals surface area contributed by atoms with Gasteiger partial charge < -0.3 is 4.98 Å². The molecular formula is C19H16ClN5O. The number of aromatic nitrogens is 5. The second-order valence-corrected chi connectivity index (χ2v) is 6.61. The second-order valence-electron chi connectivity index (χ2n) is 6.20. The maximum Gasteiger partial charge on any atom is 0.252 e. The van der Waals surface area contributed by atoms with E-state index in [1.165, 1.54) is 0 Å². The number of benzene rings is 1. The molecule has 6 nitrogen and oxygen atoms in total. The van der Waals surface area contributed by atoms with Crippen molar-refractivity contribution < 1.29 is 0 Å². The van der Waals surface area contributed by atoms with Crippen LogP contribution in [0.15, 0.2) is 41.2 Å². The lowest BCUT2D eigenvalue weighted by Gasteiger charge is -2.07. The molecule has 7 heteroatoms. The Morgan fingerprint density at radius 1 is 1.04 bits per heavy atom. The van der Waals surface area contributed by atoms with Crippen LogP contribution in [0.1, 0.15) is 17.1 Å². The SMILES string of the molecule is Cc1cc(C)nc(-n2nc(C)c3c(=O)cc(-c4ccccc4Cl)[nH]c32)n1. The molecule has 1 aromatic carbocycles. The van der Waals surface area contributed by atoms with Gasteiger partial charge in [0.15, 0.2) is 5.43 Å². The molecule has 0 saturated heterocycles. The lowest BCUT2D eigenvalue weighted by molar-refractivity contribution is 0.797. The predicted octanol–water partition coefficient (Wildman–Crippen LogP) is 3.75.